The van der Waals surface area contributed by atoms with Crippen LogP contribution in [0, 0.1) is 6.92 Å². The van der Waals surface area contributed by atoms with Gasteiger partial charge in [0.05, 0.1) is 0 Å². The molecule has 150 valence electrons. The number of sulfonamides is 1. The van der Waals surface area contributed by atoms with Gasteiger partial charge < -0.3 is 4.90 Å². The lowest BCUT2D eigenvalue weighted by molar-refractivity contribution is 0.388. The van der Waals surface area contributed by atoms with Gasteiger partial charge >= 0.3 is 0 Å². The van der Waals surface area contributed by atoms with Gasteiger partial charge in [0.2, 0.25) is 10.0 Å². The third-order valence-electron chi connectivity index (χ3n) is 4.73. The summed E-state index contributed by atoms with van der Waals surface area (Å²) >= 11 is 0. The number of imidazole rings is 1. The van der Waals surface area contributed by atoms with Crippen molar-refractivity contribution in [2.75, 3.05) is 31.1 Å². The number of nitrogens with zero attached hydrogens (tertiary/aromatic N) is 6. The van der Waals surface area contributed by atoms with E-state index in [2.05, 4.69) is 19.9 Å². The van der Waals surface area contributed by atoms with E-state index in [4.69, 9.17) is 0 Å². The molecule has 9 heteroatoms. The Morgan fingerprint density at radius 1 is 1.00 bits per heavy atom. The van der Waals surface area contributed by atoms with E-state index in [1.54, 1.807) is 18.6 Å². The van der Waals surface area contributed by atoms with Gasteiger partial charge in [0.25, 0.3) is 0 Å². The molecule has 0 aliphatic carbocycles. The molecule has 0 N–H and O–H groups in total. The van der Waals surface area contributed by atoms with Crippen molar-refractivity contribution >= 4 is 21.9 Å². The molecule has 1 aliphatic heterocycles. The second-order valence-electron chi connectivity index (χ2n) is 6.75. The number of rotatable bonds is 5. The Hall–Kier alpha value is -3.04. The molecule has 1 saturated heterocycles. The average molecular weight is 411 g/mol. The SMILES string of the molecule is Cc1nc(N2CCN(S(=O)(=O)/C=C/c3ccccc3)CC2)cc(-n2ccnc2)n1. The molecular weight excluding hydrogens is 388 g/mol. The third kappa shape index (κ3) is 4.52. The Bertz CT molecular complexity index is 1090. The second kappa shape index (κ2) is 8.14. The van der Waals surface area contributed by atoms with E-state index >= 15 is 0 Å². The van der Waals surface area contributed by atoms with Crippen molar-refractivity contribution in [1.29, 1.82) is 0 Å². The Balaban J connectivity index is 1.45. The summed E-state index contributed by atoms with van der Waals surface area (Å²) in [5.41, 5.74) is 0.859. The Morgan fingerprint density at radius 2 is 1.72 bits per heavy atom. The lowest BCUT2D eigenvalue weighted by Gasteiger charge is -2.34. The zero-order valence-electron chi connectivity index (χ0n) is 16.1. The molecule has 2 aromatic heterocycles. The summed E-state index contributed by atoms with van der Waals surface area (Å²) in [5.74, 6) is 2.19. The Kier molecular flexibility index (Phi) is 5.41. The Morgan fingerprint density at radius 3 is 2.41 bits per heavy atom. The number of hydrogen-bond acceptors (Lipinski definition) is 6. The van der Waals surface area contributed by atoms with Crippen molar-refractivity contribution in [1.82, 2.24) is 23.8 Å². The molecule has 1 aromatic carbocycles. The molecular formula is C20H22N6O2S. The van der Waals surface area contributed by atoms with Crippen LogP contribution in [0.5, 0.6) is 0 Å². The normalized spacial score (nSPS) is 15.8. The van der Waals surface area contributed by atoms with Crippen molar-refractivity contribution in [3.05, 3.63) is 71.9 Å². The molecule has 0 saturated carbocycles. The summed E-state index contributed by atoms with van der Waals surface area (Å²) in [6, 6.07) is 11.3. The number of benzene rings is 1. The zero-order chi connectivity index (χ0) is 20.3. The molecule has 0 spiro atoms. The monoisotopic (exact) mass is 410 g/mol. The van der Waals surface area contributed by atoms with E-state index in [1.165, 1.54) is 9.71 Å². The van der Waals surface area contributed by atoms with Crippen LogP contribution in [0.15, 0.2) is 60.5 Å². The largest absolute Gasteiger partial charge is 0.354 e. The number of piperazine rings is 1. The summed E-state index contributed by atoms with van der Waals surface area (Å²) in [6.45, 7) is 3.80. The minimum Gasteiger partial charge on any atom is -0.354 e. The minimum atomic E-state index is -3.46. The van der Waals surface area contributed by atoms with Crippen molar-refractivity contribution < 1.29 is 8.42 Å². The van der Waals surface area contributed by atoms with Gasteiger partial charge in [-0.1, -0.05) is 30.3 Å². The predicted octanol–water partition coefficient (Wildman–Crippen LogP) is 2.09. The maximum atomic E-state index is 12.7. The van der Waals surface area contributed by atoms with Crippen LogP contribution in [-0.2, 0) is 10.0 Å². The molecule has 4 rings (SSSR count). The molecule has 1 aliphatic rings. The number of aromatic nitrogens is 4. The van der Waals surface area contributed by atoms with Gasteiger partial charge in [-0.3, -0.25) is 4.57 Å². The maximum Gasteiger partial charge on any atom is 0.236 e. The average Bonchev–Trinajstić information content (AvgIpc) is 3.28. The lowest BCUT2D eigenvalue weighted by Crippen LogP contribution is -2.48. The van der Waals surface area contributed by atoms with Gasteiger partial charge in [-0.15, -0.1) is 0 Å². The molecule has 29 heavy (non-hydrogen) atoms. The van der Waals surface area contributed by atoms with Crippen molar-refractivity contribution in [3.63, 3.8) is 0 Å². The van der Waals surface area contributed by atoms with E-state index in [9.17, 15) is 8.42 Å². The van der Waals surface area contributed by atoms with Crippen LogP contribution in [0.3, 0.4) is 0 Å². The maximum absolute atomic E-state index is 12.7. The van der Waals surface area contributed by atoms with Gasteiger partial charge in [-0.2, -0.15) is 4.31 Å². The fraction of sp³-hybridized carbons (Fsp3) is 0.250. The van der Waals surface area contributed by atoms with E-state index in [0.29, 0.717) is 32.0 Å². The first kappa shape index (κ1) is 19.3. The molecule has 0 amide bonds. The second-order valence-corrected chi connectivity index (χ2v) is 8.56. The zero-order valence-corrected chi connectivity index (χ0v) is 16.9. The highest BCUT2D eigenvalue weighted by molar-refractivity contribution is 7.92. The molecule has 0 unspecified atom stereocenters. The highest BCUT2D eigenvalue weighted by atomic mass is 32.2. The first-order chi connectivity index (χ1) is 14.0. The fourth-order valence-corrected chi connectivity index (χ4v) is 4.39. The topological polar surface area (TPSA) is 84.2 Å². The summed E-state index contributed by atoms with van der Waals surface area (Å²) in [7, 11) is -3.46. The summed E-state index contributed by atoms with van der Waals surface area (Å²) in [6.07, 6.45) is 6.85. The quantitative estimate of drug-likeness (QED) is 0.640. The van der Waals surface area contributed by atoms with Gasteiger partial charge in [0.1, 0.15) is 23.8 Å². The molecule has 1 fully saturated rings. The molecule has 8 nitrogen and oxygen atoms in total. The summed E-state index contributed by atoms with van der Waals surface area (Å²) in [4.78, 5) is 15.1. The minimum absolute atomic E-state index is 0.408. The lowest BCUT2D eigenvalue weighted by atomic mass is 10.2. The number of hydrogen-bond donors (Lipinski definition) is 0. The number of anilines is 1. The smallest absolute Gasteiger partial charge is 0.236 e. The first-order valence-electron chi connectivity index (χ1n) is 9.33. The highest BCUT2D eigenvalue weighted by Gasteiger charge is 2.26. The summed E-state index contributed by atoms with van der Waals surface area (Å²) < 4.78 is 28.6. The molecule has 0 bridgehead atoms. The van der Waals surface area contributed by atoms with E-state index in [0.717, 1.165) is 17.2 Å². The van der Waals surface area contributed by atoms with Crippen molar-refractivity contribution in [2.45, 2.75) is 6.92 Å². The van der Waals surface area contributed by atoms with Crippen LogP contribution in [0.1, 0.15) is 11.4 Å². The van der Waals surface area contributed by atoms with Gasteiger partial charge in [-0.05, 0) is 18.6 Å². The van der Waals surface area contributed by atoms with Crippen LogP contribution in [0.4, 0.5) is 5.82 Å². The highest BCUT2D eigenvalue weighted by Crippen LogP contribution is 2.19. The van der Waals surface area contributed by atoms with E-state index in [-0.39, 0.29) is 0 Å². The van der Waals surface area contributed by atoms with Gasteiger partial charge in [-0.25, -0.2) is 23.4 Å². The van der Waals surface area contributed by atoms with Crippen molar-refractivity contribution in [3.8, 4) is 5.82 Å². The Labute approximate surface area is 170 Å². The van der Waals surface area contributed by atoms with Crippen molar-refractivity contribution in [2.24, 2.45) is 0 Å². The standard InChI is InChI=1S/C20H22N6O2S/c1-17-22-19(15-20(23-17)25-9-8-21-16-25)24-10-12-26(13-11-24)29(27,28)14-7-18-5-3-2-4-6-18/h2-9,14-16H,10-13H2,1H3/b14-7+. The first-order valence-corrected chi connectivity index (χ1v) is 10.8. The van der Waals surface area contributed by atoms with Crippen LogP contribution in [0.2, 0.25) is 0 Å². The van der Waals surface area contributed by atoms with Crippen LogP contribution >= 0.6 is 0 Å². The van der Waals surface area contributed by atoms with Crippen LogP contribution in [0.25, 0.3) is 11.9 Å². The fourth-order valence-electron chi connectivity index (χ4n) is 3.21. The molecule has 0 radical (unpaired) electrons. The molecule has 3 aromatic rings. The summed E-state index contributed by atoms with van der Waals surface area (Å²) in [5, 5.41) is 1.28. The number of aryl methyl sites for hydroxylation is 1. The predicted molar refractivity (Wildman–Crippen MR) is 112 cm³/mol. The van der Waals surface area contributed by atoms with E-state index < -0.39 is 10.0 Å². The molecule has 0 atom stereocenters. The van der Waals surface area contributed by atoms with Gasteiger partial charge in [0, 0.05) is 50.0 Å². The van der Waals surface area contributed by atoms with Crippen LogP contribution in [-0.4, -0.2) is 58.4 Å². The van der Waals surface area contributed by atoms with Crippen LogP contribution < -0.4 is 4.90 Å². The molecule has 3 heterocycles. The van der Waals surface area contributed by atoms with Gasteiger partial charge in [0.15, 0.2) is 0 Å². The third-order valence-corrected chi connectivity index (χ3v) is 6.30. The van der Waals surface area contributed by atoms with E-state index in [1.807, 2.05) is 54.1 Å².